The third kappa shape index (κ3) is 3.25. The Bertz CT molecular complexity index is 600. The fraction of sp³-hybridized carbons (Fsp3) is 0.412. The highest BCUT2D eigenvalue weighted by atomic mass is 35.5. The van der Waals surface area contributed by atoms with E-state index in [1.807, 2.05) is 6.07 Å². The Morgan fingerprint density at radius 2 is 2.15 bits per heavy atom. The summed E-state index contributed by atoms with van der Waals surface area (Å²) in [6.07, 6.45) is 11.5. The number of hydrogen-bond acceptors (Lipinski definition) is 1. The molecule has 106 valence electrons. The molecular weight excluding hydrogens is 268 g/mol. The van der Waals surface area contributed by atoms with E-state index in [2.05, 4.69) is 40.4 Å². The Labute approximate surface area is 125 Å². The largest absolute Gasteiger partial charge is 0.361 e. The maximum Gasteiger partial charge on any atom is 0.0457 e. The summed E-state index contributed by atoms with van der Waals surface area (Å²) in [7, 11) is 0. The van der Waals surface area contributed by atoms with Crippen LogP contribution in [0.4, 0.5) is 0 Å². The number of H-pyrrole nitrogens is 1. The van der Waals surface area contributed by atoms with Gasteiger partial charge in [-0.2, -0.15) is 0 Å². The van der Waals surface area contributed by atoms with E-state index in [0.717, 1.165) is 18.0 Å². The standard InChI is InChI=1S/C17H21ClN2/c18-15-7-8-17-16(12-15)14(13-19-17)6-2-5-11-20-9-3-1-4-10-20/h1,3,7-8,12-13,19H,2,4-6,9-11H2. The number of hydrogen-bond donors (Lipinski definition) is 1. The van der Waals surface area contributed by atoms with E-state index in [0.29, 0.717) is 0 Å². The highest BCUT2D eigenvalue weighted by Gasteiger charge is 2.07. The number of halogens is 1. The normalized spacial score (nSPS) is 16.1. The first-order valence-electron chi connectivity index (χ1n) is 7.46. The molecule has 0 saturated carbocycles. The van der Waals surface area contributed by atoms with Crippen LogP contribution >= 0.6 is 11.6 Å². The molecule has 3 heteroatoms. The summed E-state index contributed by atoms with van der Waals surface area (Å²) in [5.41, 5.74) is 2.58. The lowest BCUT2D eigenvalue weighted by Crippen LogP contribution is -2.28. The van der Waals surface area contributed by atoms with Crippen molar-refractivity contribution in [3.8, 4) is 0 Å². The van der Waals surface area contributed by atoms with Gasteiger partial charge >= 0.3 is 0 Å². The average molecular weight is 289 g/mol. The van der Waals surface area contributed by atoms with Gasteiger partial charge < -0.3 is 4.98 Å². The van der Waals surface area contributed by atoms with Crippen LogP contribution in [0.2, 0.25) is 5.02 Å². The number of fused-ring (bicyclic) bond motifs is 1. The van der Waals surface area contributed by atoms with Crippen molar-refractivity contribution >= 4 is 22.5 Å². The summed E-state index contributed by atoms with van der Waals surface area (Å²) < 4.78 is 0. The molecular formula is C17H21ClN2. The first-order valence-corrected chi connectivity index (χ1v) is 7.83. The molecule has 0 atom stereocenters. The van der Waals surface area contributed by atoms with Crippen molar-refractivity contribution in [3.63, 3.8) is 0 Å². The van der Waals surface area contributed by atoms with Crippen LogP contribution in [0, 0.1) is 0 Å². The van der Waals surface area contributed by atoms with Crippen LogP contribution in [0.3, 0.4) is 0 Å². The van der Waals surface area contributed by atoms with Crippen LogP contribution in [-0.2, 0) is 6.42 Å². The van der Waals surface area contributed by atoms with E-state index in [-0.39, 0.29) is 0 Å². The minimum absolute atomic E-state index is 0.818. The van der Waals surface area contributed by atoms with Crippen LogP contribution in [0.1, 0.15) is 24.8 Å². The first kappa shape index (κ1) is 13.7. The molecule has 0 spiro atoms. The quantitative estimate of drug-likeness (QED) is 0.638. The predicted molar refractivity (Wildman–Crippen MR) is 86.4 cm³/mol. The number of aryl methyl sites for hydroxylation is 1. The second-order valence-electron chi connectivity index (χ2n) is 5.52. The predicted octanol–water partition coefficient (Wildman–Crippen LogP) is 4.41. The Kier molecular flexibility index (Phi) is 4.44. The minimum Gasteiger partial charge on any atom is -0.361 e. The highest BCUT2D eigenvalue weighted by Crippen LogP contribution is 2.23. The monoisotopic (exact) mass is 288 g/mol. The van der Waals surface area contributed by atoms with Gasteiger partial charge in [0.1, 0.15) is 0 Å². The summed E-state index contributed by atoms with van der Waals surface area (Å²) in [5, 5.41) is 2.09. The zero-order chi connectivity index (χ0) is 13.8. The van der Waals surface area contributed by atoms with Crippen molar-refractivity contribution in [2.45, 2.75) is 25.7 Å². The molecule has 1 N–H and O–H groups in total. The van der Waals surface area contributed by atoms with Gasteiger partial charge in [0.05, 0.1) is 0 Å². The van der Waals surface area contributed by atoms with E-state index < -0.39 is 0 Å². The molecule has 3 rings (SSSR count). The van der Waals surface area contributed by atoms with Crippen LogP contribution in [0.25, 0.3) is 10.9 Å². The molecule has 1 aliphatic heterocycles. The zero-order valence-electron chi connectivity index (χ0n) is 11.7. The second-order valence-corrected chi connectivity index (χ2v) is 5.96. The lowest BCUT2D eigenvalue weighted by Gasteiger charge is -2.22. The summed E-state index contributed by atoms with van der Waals surface area (Å²) in [5.74, 6) is 0. The third-order valence-corrected chi connectivity index (χ3v) is 4.28. The Morgan fingerprint density at radius 1 is 1.20 bits per heavy atom. The van der Waals surface area contributed by atoms with Crippen molar-refractivity contribution in [3.05, 3.63) is 47.1 Å². The maximum absolute atomic E-state index is 6.08. The molecule has 1 aliphatic rings. The number of nitrogens with one attached hydrogen (secondary N) is 1. The molecule has 0 aliphatic carbocycles. The van der Waals surface area contributed by atoms with E-state index in [9.17, 15) is 0 Å². The number of benzene rings is 1. The molecule has 2 nitrogen and oxygen atoms in total. The third-order valence-electron chi connectivity index (χ3n) is 4.04. The van der Waals surface area contributed by atoms with Crippen molar-refractivity contribution < 1.29 is 0 Å². The van der Waals surface area contributed by atoms with Gasteiger partial charge in [-0.3, -0.25) is 4.90 Å². The SMILES string of the molecule is Clc1ccc2[nH]cc(CCCCN3CC=CCC3)c2c1. The fourth-order valence-electron chi connectivity index (χ4n) is 2.90. The lowest BCUT2D eigenvalue weighted by molar-refractivity contribution is 0.292. The lowest BCUT2D eigenvalue weighted by atomic mass is 10.1. The van der Waals surface area contributed by atoms with Crippen LogP contribution in [0.5, 0.6) is 0 Å². The summed E-state index contributed by atoms with van der Waals surface area (Å²) in [4.78, 5) is 5.86. The van der Waals surface area contributed by atoms with Crippen LogP contribution < -0.4 is 0 Å². The summed E-state index contributed by atoms with van der Waals surface area (Å²) >= 11 is 6.08. The van der Waals surface area contributed by atoms with Crippen LogP contribution in [-0.4, -0.2) is 29.5 Å². The highest BCUT2D eigenvalue weighted by molar-refractivity contribution is 6.31. The van der Waals surface area contributed by atoms with Gasteiger partial charge in [0, 0.05) is 35.2 Å². The number of rotatable bonds is 5. The molecule has 1 aromatic heterocycles. The van der Waals surface area contributed by atoms with E-state index in [1.54, 1.807) is 0 Å². The van der Waals surface area contributed by atoms with Crippen molar-refractivity contribution in [1.29, 1.82) is 0 Å². The zero-order valence-corrected chi connectivity index (χ0v) is 12.5. The molecule has 0 saturated heterocycles. The molecule has 0 unspecified atom stereocenters. The number of nitrogens with zero attached hydrogens (tertiary/aromatic N) is 1. The minimum atomic E-state index is 0.818. The smallest absolute Gasteiger partial charge is 0.0457 e. The summed E-state index contributed by atoms with van der Waals surface area (Å²) in [6, 6.07) is 6.06. The summed E-state index contributed by atoms with van der Waals surface area (Å²) in [6.45, 7) is 3.56. The molecule has 0 radical (unpaired) electrons. The van der Waals surface area contributed by atoms with Crippen molar-refractivity contribution in [1.82, 2.24) is 9.88 Å². The number of aromatic nitrogens is 1. The van der Waals surface area contributed by atoms with E-state index in [1.165, 1.54) is 48.8 Å². The molecule has 0 fully saturated rings. The number of aromatic amines is 1. The first-order chi connectivity index (χ1) is 9.83. The molecule has 2 heterocycles. The van der Waals surface area contributed by atoms with E-state index >= 15 is 0 Å². The Hall–Kier alpha value is -1.25. The Morgan fingerprint density at radius 3 is 3.00 bits per heavy atom. The molecule has 20 heavy (non-hydrogen) atoms. The average Bonchev–Trinajstić information content (AvgIpc) is 2.87. The van der Waals surface area contributed by atoms with Crippen LogP contribution in [0.15, 0.2) is 36.5 Å². The van der Waals surface area contributed by atoms with E-state index in [4.69, 9.17) is 11.6 Å². The molecule has 0 amide bonds. The maximum atomic E-state index is 6.08. The van der Waals surface area contributed by atoms with Gasteiger partial charge in [-0.25, -0.2) is 0 Å². The fourth-order valence-corrected chi connectivity index (χ4v) is 3.07. The molecule has 1 aromatic carbocycles. The number of unbranched alkanes of at least 4 members (excludes halogenated alkanes) is 1. The van der Waals surface area contributed by atoms with Crippen molar-refractivity contribution in [2.75, 3.05) is 19.6 Å². The van der Waals surface area contributed by atoms with Gasteiger partial charge in [-0.15, -0.1) is 0 Å². The van der Waals surface area contributed by atoms with Gasteiger partial charge in [0.25, 0.3) is 0 Å². The molecule has 2 aromatic rings. The topological polar surface area (TPSA) is 19.0 Å². The van der Waals surface area contributed by atoms with Gasteiger partial charge in [0.15, 0.2) is 0 Å². The Balaban J connectivity index is 1.52. The van der Waals surface area contributed by atoms with Gasteiger partial charge in [0.2, 0.25) is 0 Å². The van der Waals surface area contributed by atoms with Gasteiger partial charge in [-0.1, -0.05) is 23.8 Å². The van der Waals surface area contributed by atoms with Crippen molar-refractivity contribution in [2.24, 2.45) is 0 Å². The second kappa shape index (κ2) is 6.47. The van der Waals surface area contributed by atoms with Gasteiger partial charge in [-0.05, 0) is 56.0 Å². The molecule has 0 bridgehead atoms.